The molecule has 0 atom stereocenters. The highest BCUT2D eigenvalue weighted by atomic mass is 16.5. The van der Waals surface area contributed by atoms with Crippen LogP contribution in [0.5, 0.6) is 0 Å². The summed E-state index contributed by atoms with van der Waals surface area (Å²) in [5, 5.41) is 0. The van der Waals surface area contributed by atoms with Crippen LogP contribution in [0.15, 0.2) is 54.6 Å². The Hall–Kier alpha value is -2.17. The molecule has 1 aliphatic rings. The van der Waals surface area contributed by atoms with Crippen molar-refractivity contribution in [1.29, 1.82) is 0 Å². The first kappa shape index (κ1) is 19.6. The Morgan fingerprint density at radius 3 is 2.33 bits per heavy atom. The second-order valence-electron chi connectivity index (χ2n) is 7.59. The molecule has 0 radical (unpaired) electrons. The van der Waals surface area contributed by atoms with Crippen LogP contribution < -0.4 is 0 Å². The first-order chi connectivity index (χ1) is 13.1. The normalized spacial score (nSPS) is 15.8. The third-order valence-corrected chi connectivity index (χ3v) is 5.35. The van der Waals surface area contributed by atoms with Gasteiger partial charge in [-0.25, -0.2) is 4.79 Å². The quantitative estimate of drug-likeness (QED) is 0.698. The van der Waals surface area contributed by atoms with Crippen LogP contribution in [-0.4, -0.2) is 49.6 Å². The smallest absolute Gasteiger partial charge is 0.337 e. The highest BCUT2D eigenvalue weighted by Gasteiger charge is 2.20. The van der Waals surface area contributed by atoms with Gasteiger partial charge in [0.25, 0.3) is 0 Å². The highest BCUT2D eigenvalue weighted by molar-refractivity contribution is 5.89. The second kappa shape index (κ2) is 9.67. The lowest BCUT2D eigenvalue weighted by molar-refractivity contribution is 0.0600. The van der Waals surface area contributed by atoms with Gasteiger partial charge in [-0.05, 0) is 62.2 Å². The van der Waals surface area contributed by atoms with Gasteiger partial charge in [-0.15, -0.1) is 0 Å². The molecule has 2 aromatic carbocycles. The Balaban J connectivity index is 1.41. The summed E-state index contributed by atoms with van der Waals surface area (Å²) in [6.45, 7) is 5.42. The molecule has 1 aliphatic heterocycles. The largest absolute Gasteiger partial charge is 0.465 e. The predicted molar refractivity (Wildman–Crippen MR) is 109 cm³/mol. The summed E-state index contributed by atoms with van der Waals surface area (Å²) < 4.78 is 4.75. The topological polar surface area (TPSA) is 32.8 Å². The number of benzene rings is 2. The molecule has 0 amide bonds. The Morgan fingerprint density at radius 2 is 1.70 bits per heavy atom. The van der Waals surface area contributed by atoms with Crippen LogP contribution in [0.25, 0.3) is 0 Å². The van der Waals surface area contributed by atoms with E-state index >= 15 is 0 Å². The number of hydrogen-bond donors (Lipinski definition) is 0. The fraction of sp³-hybridized carbons (Fsp3) is 0.435. The van der Waals surface area contributed by atoms with E-state index in [-0.39, 0.29) is 5.97 Å². The minimum Gasteiger partial charge on any atom is -0.465 e. The van der Waals surface area contributed by atoms with Crippen molar-refractivity contribution in [2.45, 2.75) is 25.9 Å². The molecule has 3 rings (SSSR count). The number of ether oxygens (including phenoxy) is 1. The van der Waals surface area contributed by atoms with Crippen molar-refractivity contribution in [1.82, 2.24) is 9.80 Å². The molecule has 4 heteroatoms. The lowest BCUT2D eigenvalue weighted by atomic mass is 9.95. The maximum Gasteiger partial charge on any atom is 0.337 e. The Labute approximate surface area is 162 Å². The Morgan fingerprint density at radius 1 is 1.04 bits per heavy atom. The van der Waals surface area contributed by atoms with E-state index in [1.807, 2.05) is 24.3 Å². The van der Waals surface area contributed by atoms with Crippen LogP contribution in [0, 0.1) is 5.92 Å². The first-order valence-electron chi connectivity index (χ1n) is 9.76. The van der Waals surface area contributed by atoms with Gasteiger partial charge in [0, 0.05) is 19.6 Å². The van der Waals surface area contributed by atoms with Crippen LogP contribution >= 0.6 is 0 Å². The number of rotatable bonds is 7. The molecule has 0 saturated carbocycles. The fourth-order valence-electron chi connectivity index (χ4n) is 3.85. The van der Waals surface area contributed by atoms with E-state index in [4.69, 9.17) is 4.74 Å². The van der Waals surface area contributed by atoms with Gasteiger partial charge in [0.15, 0.2) is 0 Å². The maximum absolute atomic E-state index is 11.5. The molecule has 0 spiro atoms. The van der Waals surface area contributed by atoms with Crippen molar-refractivity contribution in [3.8, 4) is 0 Å². The molecule has 0 aromatic heterocycles. The average Bonchev–Trinajstić information content (AvgIpc) is 2.70. The number of carbonyl (C=O) groups excluding carboxylic acids is 1. The molecule has 27 heavy (non-hydrogen) atoms. The molecule has 0 aliphatic carbocycles. The van der Waals surface area contributed by atoms with Crippen LogP contribution in [0.1, 0.15) is 34.3 Å². The van der Waals surface area contributed by atoms with E-state index in [9.17, 15) is 4.79 Å². The Kier molecular flexibility index (Phi) is 7.02. The Bertz CT molecular complexity index is 707. The molecule has 144 valence electrons. The van der Waals surface area contributed by atoms with Gasteiger partial charge in [0.2, 0.25) is 0 Å². The number of hydrogen-bond acceptors (Lipinski definition) is 4. The van der Waals surface area contributed by atoms with Crippen molar-refractivity contribution < 1.29 is 9.53 Å². The van der Waals surface area contributed by atoms with Gasteiger partial charge < -0.3 is 9.64 Å². The summed E-state index contributed by atoms with van der Waals surface area (Å²) in [4.78, 5) is 16.5. The molecule has 0 N–H and O–H groups in total. The van der Waals surface area contributed by atoms with Gasteiger partial charge in [-0.1, -0.05) is 42.5 Å². The highest BCUT2D eigenvalue weighted by Crippen LogP contribution is 2.20. The number of carbonyl (C=O) groups is 1. The van der Waals surface area contributed by atoms with Crippen LogP contribution in [-0.2, 0) is 17.8 Å². The SMILES string of the molecule is COC(=O)c1ccc(CN2CCC(CN(C)Cc3ccccc3)CC2)cc1. The van der Waals surface area contributed by atoms with Crippen molar-refractivity contribution in [2.75, 3.05) is 33.8 Å². The van der Waals surface area contributed by atoms with Crippen molar-refractivity contribution >= 4 is 5.97 Å². The van der Waals surface area contributed by atoms with E-state index in [1.54, 1.807) is 0 Å². The molecule has 1 heterocycles. The van der Waals surface area contributed by atoms with Gasteiger partial charge in [-0.3, -0.25) is 4.90 Å². The van der Waals surface area contributed by atoms with Crippen molar-refractivity contribution in [3.63, 3.8) is 0 Å². The summed E-state index contributed by atoms with van der Waals surface area (Å²) in [7, 11) is 3.64. The fourth-order valence-corrected chi connectivity index (χ4v) is 3.85. The molecular formula is C23H30N2O2. The van der Waals surface area contributed by atoms with E-state index < -0.39 is 0 Å². The number of methoxy groups -OCH3 is 1. The number of piperidine rings is 1. The third-order valence-electron chi connectivity index (χ3n) is 5.35. The summed E-state index contributed by atoms with van der Waals surface area (Å²) in [6, 6.07) is 18.5. The van der Waals surface area contributed by atoms with Crippen molar-refractivity contribution in [3.05, 3.63) is 71.3 Å². The number of nitrogens with zero attached hydrogens (tertiary/aromatic N) is 2. The summed E-state index contributed by atoms with van der Waals surface area (Å²) in [5.74, 6) is 0.499. The van der Waals surface area contributed by atoms with E-state index in [0.717, 1.165) is 38.6 Å². The van der Waals surface area contributed by atoms with Gasteiger partial charge in [-0.2, -0.15) is 0 Å². The molecule has 2 aromatic rings. The number of esters is 1. The standard InChI is InChI=1S/C23H30N2O2/c1-24(16-19-6-4-3-5-7-19)17-21-12-14-25(15-13-21)18-20-8-10-22(11-9-20)23(26)27-2/h3-11,21H,12-18H2,1-2H3. The maximum atomic E-state index is 11.5. The first-order valence-corrected chi connectivity index (χ1v) is 9.76. The van der Waals surface area contributed by atoms with Crippen molar-refractivity contribution in [2.24, 2.45) is 5.92 Å². The minimum atomic E-state index is -0.276. The monoisotopic (exact) mass is 366 g/mol. The van der Waals surface area contributed by atoms with Crippen LogP contribution in [0.2, 0.25) is 0 Å². The zero-order chi connectivity index (χ0) is 19.1. The van der Waals surface area contributed by atoms with E-state index in [1.165, 1.54) is 31.1 Å². The molecule has 0 bridgehead atoms. The summed E-state index contributed by atoms with van der Waals surface area (Å²) in [6.07, 6.45) is 2.50. The van der Waals surface area contributed by atoms with E-state index in [0.29, 0.717) is 5.56 Å². The van der Waals surface area contributed by atoms with Gasteiger partial charge >= 0.3 is 5.97 Å². The van der Waals surface area contributed by atoms with E-state index in [2.05, 4.69) is 47.2 Å². The van der Waals surface area contributed by atoms with Gasteiger partial charge in [0.1, 0.15) is 0 Å². The molecular weight excluding hydrogens is 336 g/mol. The zero-order valence-electron chi connectivity index (χ0n) is 16.4. The summed E-state index contributed by atoms with van der Waals surface area (Å²) >= 11 is 0. The molecule has 1 fully saturated rings. The second-order valence-corrected chi connectivity index (χ2v) is 7.59. The lowest BCUT2D eigenvalue weighted by Gasteiger charge is -2.34. The van der Waals surface area contributed by atoms with Gasteiger partial charge in [0.05, 0.1) is 12.7 Å². The number of likely N-dealkylation sites (tertiary alicyclic amines) is 1. The average molecular weight is 367 g/mol. The minimum absolute atomic E-state index is 0.276. The summed E-state index contributed by atoms with van der Waals surface area (Å²) in [5.41, 5.74) is 3.25. The lowest BCUT2D eigenvalue weighted by Crippen LogP contribution is -2.37. The van der Waals surface area contributed by atoms with Crippen LogP contribution in [0.3, 0.4) is 0 Å². The molecule has 0 unspecified atom stereocenters. The molecule has 4 nitrogen and oxygen atoms in total. The third kappa shape index (κ3) is 5.91. The molecule has 1 saturated heterocycles. The zero-order valence-corrected chi connectivity index (χ0v) is 16.4. The van der Waals surface area contributed by atoms with Crippen LogP contribution in [0.4, 0.5) is 0 Å². The predicted octanol–water partition coefficient (Wildman–Crippen LogP) is 3.82.